The number of aliphatic carboxylic acids is 1. The highest BCUT2D eigenvalue weighted by Crippen LogP contribution is 2.31. The summed E-state index contributed by atoms with van der Waals surface area (Å²) in [6.45, 7) is 0. The number of halogens is 1. The number of hydrogen-bond donors (Lipinski definition) is 2. The number of ether oxygens (including phenoxy) is 1. The Balaban J connectivity index is 2.67. The average Bonchev–Trinajstić information content (AvgIpc) is 2.61. The summed E-state index contributed by atoms with van der Waals surface area (Å²) in [6, 6.07) is 2.83. The molecule has 2 aromatic rings. The smallest absolute Gasteiger partial charge is 0.307 e. The molecule has 0 amide bonds. The van der Waals surface area contributed by atoms with Gasteiger partial charge in [0.1, 0.15) is 0 Å². The number of nitrogens with one attached hydrogen (secondary N) is 1. The summed E-state index contributed by atoms with van der Waals surface area (Å²) in [7, 11) is 1.36. The predicted octanol–water partition coefficient (Wildman–Crippen LogP) is 1.94. The van der Waals surface area contributed by atoms with Crippen molar-refractivity contribution in [3.63, 3.8) is 0 Å². The van der Waals surface area contributed by atoms with Gasteiger partial charge in [0, 0.05) is 17.1 Å². The Morgan fingerprint density at radius 1 is 1.56 bits per heavy atom. The average molecular weight is 223 g/mol. The van der Waals surface area contributed by atoms with Crippen molar-refractivity contribution in [2.45, 2.75) is 6.42 Å². The van der Waals surface area contributed by atoms with E-state index in [1.54, 1.807) is 12.3 Å². The van der Waals surface area contributed by atoms with Crippen LogP contribution in [-0.2, 0) is 11.2 Å². The maximum Gasteiger partial charge on any atom is 0.307 e. The largest absolute Gasteiger partial charge is 0.493 e. The van der Waals surface area contributed by atoms with Crippen molar-refractivity contribution in [1.82, 2.24) is 4.98 Å². The van der Waals surface area contributed by atoms with Crippen LogP contribution in [0.2, 0.25) is 0 Å². The van der Waals surface area contributed by atoms with Crippen LogP contribution < -0.4 is 4.74 Å². The Kier molecular flexibility index (Phi) is 2.52. The predicted molar refractivity (Wildman–Crippen MR) is 56.1 cm³/mol. The molecule has 0 unspecified atom stereocenters. The minimum atomic E-state index is -0.966. The topological polar surface area (TPSA) is 62.3 Å². The lowest BCUT2D eigenvalue weighted by Gasteiger charge is -2.04. The maximum atomic E-state index is 13.4. The summed E-state index contributed by atoms with van der Waals surface area (Å²) >= 11 is 0. The second-order valence-corrected chi connectivity index (χ2v) is 3.39. The first kappa shape index (κ1) is 10.5. The van der Waals surface area contributed by atoms with Crippen molar-refractivity contribution in [3.05, 3.63) is 29.7 Å². The van der Waals surface area contributed by atoms with E-state index in [0.717, 1.165) is 0 Å². The molecule has 1 aromatic heterocycles. The van der Waals surface area contributed by atoms with E-state index in [2.05, 4.69) is 4.98 Å². The van der Waals surface area contributed by atoms with Gasteiger partial charge in [0.05, 0.1) is 13.5 Å². The zero-order valence-corrected chi connectivity index (χ0v) is 8.58. The van der Waals surface area contributed by atoms with E-state index in [4.69, 9.17) is 9.84 Å². The molecule has 4 nitrogen and oxygen atoms in total. The third-order valence-electron chi connectivity index (χ3n) is 2.38. The number of benzene rings is 1. The van der Waals surface area contributed by atoms with Crippen LogP contribution in [0.3, 0.4) is 0 Å². The second kappa shape index (κ2) is 3.84. The van der Waals surface area contributed by atoms with E-state index in [1.807, 2.05) is 0 Å². The molecular weight excluding hydrogens is 213 g/mol. The molecule has 0 fully saturated rings. The number of carboxylic acid groups (broad SMARTS) is 1. The van der Waals surface area contributed by atoms with Crippen LogP contribution in [0, 0.1) is 5.82 Å². The third-order valence-corrected chi connectivity index (χ3v) is 2.38. The molecule has 2 N–H and O–H groups in total. The van der Waals surface area contributed by atoms with Gasteiger partial charge >= 0.3 is 5.97 Å². The number of hydrogen-bond acceptors (Lipinski definition) is 2. The molecule has 0 aliphatic heterocycles. The van der Waals surface area contributed by atoms with Gasteiger partial charge in [-0.2, -0.15) is 0 Å². The zero-order valence-electron chi connectivity index (χ0n) is 8.58. The summed E-state index contributed by atoms with van der Waals surface area (Å²) in [6.07, 6.45) is 1.39. The van der Waals surface area contributed by atoms with Crippen molar-refractivity contribution < 1.29 is 19.0 Å². The fourth-order valence-electron chi connectivity index (χ4n) is 1.74. The molecule has 5 heteroatoms. The summed E-state index contributed by atoms with van der Waals surface area (Å²) in [5.41, 5.74) is 1.17. The van der Waals surface area contributed by atoms with Gasteiger partial charge in [-0.15, -0.1) is 0 Å². The first-order valence-corrected chi connectivity index (χ1v) is 4.67. The molecule has 84 valence electrons. The number of H-pyrrole nitrogens is 1. The van der Waals surface area contributed by atoms with Crippen LogP contribution in [0.5, 0.6) is 5.75 Å². The van der Waals surface area contributed by atoms with E-state index in [9.17, 15) is 9.18 Å². The molecule has 0 radical (unpaired) electrons. The van der Waals surface area contributed by atoms with Crippen LogP contribution in [0.1, 0.15) is 5.56 Å². The summed E-state index contributed by atoms with van der Waals surface area (Å²) < 4.78 is 18.4. The molecule has 0 spiro atoms. The van der Waals surface area contributed by atoms with E-state index in [1.165, 1.54) is 13.2 Å². The molecule has 2 rings (SSSR count). The molecule has 0 bridgehead atoms. The van der Waals surface area contributed by atoms with E-state index in [-0.39, 0.29) is 12.2 Å². The third kappa shape index (κ3) is 1.60. The first-order chi connectivity index (χ1) is 7.63. The summed E-state index contributed by atoms with van der Waals surface area (Å²) in [4.78, 5) is 13.5. The minimum Gasteiger partial charge on any atom is -0.493 e. The molecule has 0 aliphatic rings. The van der Waals surface area contributed by atoms with Gasteiger partial charge < -0.3 is 14.8 Å². The summed E-state index contributed by atoms with van der Waals surface area (Å²) in [5, 5.41) is 9.22. The quantitative estimate of drug-likeness (QED) is 0.835. The van der Waals surface area contributed by atoms with Crippen LogP contribution in [-0.4, -0.2) is 23.2 Å². The Bertz CT molecular complexity index is 547. The Morgan fingerprint density at radius 3 is 2.94 bits per heavy atom. The van der Waals surface area contributed by atoms with Gasteiger partial charge in [-0.1, -0.05) is 0 Å². The highest BCUT2D eigenvalue weighted by atomic mass is 19.1. The number of rotatable bonds is 3. The monoisotopic (exact) mass is 223 g/mol. The zero-order chi connectivity index (χ0) is 11.7. The fraction of sp³-hybridized carbons (Fsp3) is 0.182. The Morgan fingerprint density at radius 2 is 2.31 bits per heavy atom. The van der Waals surface area contributed by atoms with Gasteiger partial charge in [0.25, 0.3) is 0 Å². The molecule has 0 atom stereocenters. The van der Waals surface area contributed by atoms with Gasteiger partial charge in [0.2, 0.25) is 0 Å². The van der Waals surface area contributed by atoms with Crippen LogP contribution in [0.15, 0.2) is 18.3 Å². The molecule has 1 heterocycles. The number of aromatic amines is 1. The van der Waals surface area contributed by atoms with Crippen molar-refractivity contribution in [3.8, 4) is 5.75 Å². The molecule has 0 saturated carbocycles. The number of aromatic nitrogens is 1. The van der Waals surface area contributed by atoms with Gasteiger partial charge in [-0.25, -0.2) is 4.39 Å². The van der Waals surface area contributed by atoms with Gasteiger partial charge in [-0.3, -0.25) is 4.79 Å². The van der Waals surface area contributed by atoms with Crippen LogP contribution in [0.25, 0.3) is 10.9 Å². The van der Waals surface area contributed by atoms with E-state index < -0.39 is 11.8 Å². The van der Waals surface area contributed by atoms with E-state index >= 15 is 0 Å². The number of carbonyl (C=O) groups is 1. The van der Waals surface area contributed by atoms with Crippen LogP contribution >= 0.6 is 0 Å². The lowest BCUT2D eigenvalue weighted by atomic mass is 10.1. The first-order valence-electron chi connectivity index (χ1n) is 4.67. The number of carboxylic acids is 1. The highest BCUT2D eigenvalue weighted by molar-refractivity contribution is 5.92. The standard InChI is InChI=1S/C11H10FNO3/c1-16-11-7(12)2-3-8-10(11)6(5-13-8)4-9(14)15/h2-3,5,13H,4H2,1H3,(H,14,15). The van der Waals surface area contributed by atoms with Crippen LogP contribution in [0.4, 0.5) is 4.39 Å². The van der Waals surface area contributed by atoms with Gasteiger partial charge in [-0.05, 0) is 17.7 Å². The Hall–Kier alpha value is -2.04. The molecular formula is C11H10FNO3. The summed E-state index contributed by atoms with van der Waals surface area (Å²) in [5.74, 6) is -1.39. The molecule has 0 aliphatic carbocycles. The fourth-order valence-corrected chi connectivity index (χ4v) is 1.74. The maximum absolute atomic E-state index is 13.4. The second-order valence-electron chi connectivity index (χ2n) is 3.39. The van der Waals surface area contributed by atoms with Crippen molar-refractivity contribution in [2.75, 3.05) is 7.11 Å². The molecule has 0 saturated heterocycles. The normalized spacial score (nSPS) is 10.6. The lowest BCUT2D eigenvalue weighted by Crippen LogP contribution is -2.00. The van der Waals surface area contributed by atoms with Crippen molar-refractivity contribution >= 4 is 16.9 Å². The van der Waals surface area contributed by atoms with E-state index in [0.29, 0.717) is 16.5 Å². The minimum absolute atomic E-state index is 0.0787. The lowest BCUT2D eigenvalue weighted by molar-refractivity contribution is -0.136. The SMILES string of the molecule is COc1c(F)ccc2[nH]cc(CC(=O)O)c12. The molecule has 1 aromatic carbocycles. The van der Waals surface area contributed by atoms with Crippen molar-refractivity contribution in [2.24, 2.45) is 0 Å². The number of fused-ring (bicyclic) bond motifs is 1. The van der Waals surface area contributed by atoms with Crippen molar-refractivity contribution in [1.29, 1.82) is 0 Å². The van der Waals surface area contributed by atoms with Gasteiger partial charge in [0.15, 0.2) is 11.6 Å². The molecule has 16 heavy (non-hydrogen) atoms. The Labute approximate surface area is 90.7 Å². The highest BCUT2D eigenvalue weighted by Gasteiger charge is 2.15. The number of methoxy groups -OCH3 is 1.